The minimum Gasteiger partial charge on any atom is -0.309 e. The van der Waals surface area contributed by atoms with Crippen LogP contribution >= 0.6 is 11.3 Å². The van der Waals surface area contributed by atoms with Gasteiger partial charge in [0, 0.05) is 53.3 Å². The zero-order chi connectivity index (χ0) is 43.5. The van der Waals surface area contributed by atoms with E-state index < -0.39 is 78.2 Å². The van der Waals surface area contributed by atoms with Gasteiger partial charge in [-0.2, -0.15) is 0 Å². The monoisotopic (exact) mass is 667 g/mol. The molecule has 0 bridgehead atoms. The molecule has 3 heterocycles. The molecule has 0 aliphatic rings. The molecule has 234 valence electrons. The van der Waals surface area contributed by atoms with Crippen molar-refractivity contribution in [3.63, 3.8) is 0 Å². The SMILES string of the molecule is [2H]c1c([2H])c([2H])c(-n2c3c([2H])c([2H])c([2H])c([2H])c3c3c([2H])c(-c4nc(-c5ccc(-c6ccccc6)cc5)cc(-c5cccc6c5sc5ccccc56)n4)c([2H])c([2H])c32)c([2H])c1[2H]. The van der Waals surface area contributed by atoms with Crippen molar-refractivity contribution in [2.24, 2.45) is 0 Å². The second-order valence-electron chi connectivity index (χ2n) is 11.7. The lowest BCUT2D eigenvalue weighted by Crippen LogP contribution is -1.96. The van der Waals surface area contributed by atoms with E-state index >= 15 is 0 Å². The van der Waals surface area contributed by atoms with Gasteiger partial charge in [-0.25, -0.2) is 9.97 Å². The first kappa shape index (κ1) is 19.0. The lowest BCUT2D eigenvalue weighted by Gasteiger charge is -2.11. The zero-order valence-corrected chi connectivity index (χ0v) is 26.9. The van der Waals surface area contributed by atoms with Gasteiger partial charge < -0.3 is 4.57 Å². The summed E-state index contributed by atoms with van der Waals surface area (Å²) in [5, 5.41) is 1.68. The Morgan fingerprint density at radius 1 is 0.500 bits per heavy atom. The summed E-state index contributed by atoms with van der Waals surface area (Å²) in [5.41, 5.74) is 3.11. The Bertz CT molecular complexity index is 3520. The quantitative estimate of drug-likeness (QED) is 0.183. The van der Waals surface area contributed by atoms with E-state index in [1.54, 1.807) is 11.3 Å². The fourth-order valence-electron chi connectivity index (χ4n) is 6.46. The van der Waals surface area contributed by atoms with E-state index in [-0.39, 0.29) is 33.2 Å². The Morgan fingerprint density at radius 3 is 2.08 bits per heavy atom. The number of rotatable bonds is 5. The molecular formula is C46H29N3S. The number of nitrogens with zero attached hydrogens (tertiary/aromatic N) is 3. The van der Waals surface area contributed by atoms with Crippen LogP contribution in [0.2, 0.25) is 0 Å². The molecule has 0 saturated heterocycles. The molecule has 0 aliphatic heterocycles. The molecule has 3 aromatic heterocycles. The molecule has 7 aromatic carbocycles. The summed E-state index contributed by atoms with van der Waals surface area (Å²) >= 11 is 1.60. The van der Waals surface area contributed by atoms with E-state index in [1.165, 1.54) is 0 Å². The molecule has 0 amide bonds. The predicted molar refractivity (Wildman–Crippen MR) is 211 cm³/mol. The van der Waals surface area contributed by atoms with Crippen LogP contribution in [0, 0.1) is 0 Å². The number of hydrogen-bond acceptors (Lipinski definition) is 3. The third kappa shape index (κ3) is 4.73. The molecule has 0 radical (unpaired) electrons. The summed E-state index contributed by atoms with van der Waals surface area (Å²) in [6.07, 6.45) is 0. The molecule has 0 atom stereocenters. The van der Waals surface area contributed by atoms with Gasteiger partial charge in [0.05, 0.1) is 38.9 Å². The summed E-state index contributed by atoms with van der Waals surface area (Å²) in [6, 6.07) is 26.0. The molecule has 0 saturated carbocycles. The normalized spacial score (nSPS) is 15.0. The molecule has 3 nitrogen and oxygen atoms in total. The van der Waals surface area contributed by atoms with E-state index in [2.05, 4.69) is 6.07 Å². The van der Waals surface area contributed by atoms with Crippen LogP contribution in [0.25, 0.3) is 92.7 Å². The third-order valence-electron chi connectivity index (χ3n) is 8.79. The van der Waals surface area contributed by atoms with Crippen molar-refractivity contribution in [1.29, 1.82) is 0 Å². The first-order valence-electron chi connectivity index (χ1n) is 21.9. The Morgan fingerprint density at radius 2 is 1.20 bits per heavy atom. The van der Waals surface area contributed by atoms with E-state index in [0.717, 1.165) is 41.4 Å². The number of fused-ring (bicyclic) bond motifs is 6. The topological polar surface area (TPSA) is 30.7 Å². The van der Waals surface area contributed by atoms with Gasteiger partial charge in [0.2, 0.25) is 0 Å². The van der Waals surface area contributed by atoms with Crippen molar-refractivity contribution in [1.82, 2.24) is 14.5 Å². The molecule has 10 rings (SSSR count). The zero-order valence-electron chi connectivity index (χ0n) is 38.1. The van der Waals surface area contributed by atoms with Gasteiger partial charge in [0.15, 0.2) is 5.82 Å². The molecule has 0 spiro atoms. The van der Waals surface area contributed by atoms with Gasteiger partial charge in [-0.15, -0.1) is 11.3 Å². The Balaban J connectivity index is 1.31. The van der Waals surface area contributed by atoms with Gasteiger partial charge in [-0.3, -0.25) is 0 Å². The highest BCUT2D eigenvalue weighted by molar-refractivity contribution is 7.26. The van der Waals surface area contributed by atoms with Gasteiger partial charge in [-0.1, -0.05) is 127 Å². The molecule has 10 aromatic rings. The number of aromatic nitrogens is 3. The highest BCUT2D eigenvalue weighted by Crippen LogP contribution is 2.41. The maximum Gasteiger partial charge on any atom is 0.160 e. The van der Waals surface area contributed by atoms with Crippen molar-refractivity contribution in [2.45, 2.75) is 0 Å². The minimum atomic E-state index is -0.708. The molecule has 0 unspecified atom stereocenters. The third-order valence-corrected chi connectivity index (χ3v) is 10.0. The van der Waals surface area contributed by atoms with Crippen molar-refractivity contribution >= 4 is 53.3 Å². The summed E-state index contributed by atoms with van der Waals surface area (Å²) < 4.78 is 110. The van der Waals surface area contributed by atoms with Gasteiger partial charge in [0.25, 0.3) is 0 Å². The van der Waals surface area contributed by atoms with Crippen LogP contribution in [0.1, 0.15) is 16.4 Å². The summed E-state index contributed by atoms with van der Waals surface area (Å²) in [7, 11) is 0. The largest absolute Gasteiger partial charge is 0.309 e. The van der Waals surface area contributed by atoms with Crippen LogP contribution in [0.4, 0.5) is 0 Å². The lowest BCUT2D eigenvalue weighted by molar-refractivity contribution is 1.17. The Hall–Kier alpha value is -6.36. The first-order chi connectivity index (χ1) is 29.8. The number of thiophene rings is 1. The van der Waals surface area contributed by atoms with Crippen molar-refractivity contribution < 1.29 is 16.4 Å². The number of hydrogen-bond donors (Lipinski definition) is 0. The number of benzene rings is 7. The van der Waals surface area contributed by atoms with Crippen molar-refractivity contribution in [3.05, 3.63) is 176 Å². The van der Waals surface area contributed by atoms with Crippen LogP contribution < -0.4 is 0 Å². The maximum absolute atomic E-state index is 9.82. The van der Waals surface area contributed by atoms with Crippen LogP contribution in [-0.4, -0.2) is 14.5 Å². The van der Waals surface area contributed by atoms with E-state index in [9.17, 15) is 4.11 Å². The highest BCUT2D eigenvalue weighted by Gasteiger charge is 2.18. The summed E-state index contributed by atoms with van der Waals surface area (Å²) in [4.78, 5) is 9.97. The second kappa shape index (κ2) is 11.7. The van der Waals surface area contributed by atoms with Crippen LogP contribution in [0.5, 0.6) is 0 Å². The minimum absolute atomic E-state index is 0.0855. The van der Waals surface area contributed by atoms with Crippen LogP contribution in [0.15, 0.2) is 176 Å². The fraction of sp³-hybridized carbons (Fsp3) is 0. The molecule has 0 aliphatic carbocycles. The molecular weight excluding hydrogens is 627 g/mol. The first-order valence-corrected chi connectivity index (χ1v) is 16.7. The Labute approximate surface area is 310 Å². The fourth-order valence-corrected chi connectivity index (χ4v) is 7.69. The molecule has 0 N–H and O–H groups in total. The summed E-state index contributed by atoms with van der Waals surface area (Å²) in [6.45, 7) is 0. The van der Waals surface area contributed by atoms with E-state index in [0.29, 0.717) is 17.0 Å². The molecule has 4 heteroatoms. The highest BCUT2D eigenvalue weighted by atomic mass is 32.1. The van der Waals surface area contributed by atoms with Crippen LogP contribution in [-0.2, 0) is 0 Å². The van der Waals surface area contributed by atoms with E-state index in [1.807, 2.05) is 97.1 Å². The smallest absolute Gasteiger partial charge is 0.160 e. The van der Waals surface area contributed by atoms with Crippen LogP contribution in [0.3, 0.4) is 0 Å². The average Bonchev–Trinajstić information content (AvgIpc) is 3.86. The predicted octanol–water partition coefficient (Wildman–Crippen LogP) is 12.6. The molecule has 50 heavy (non-hydrogen) atoms. The van der Waals surface area contributed by atoms with Crippen molar-refractivity contribution in [3.8, 4) is 50.7 Å². The maximum atomic E-state index is 9.82. The van der Waals surface area contributed by atoms with Gasteiger partial charge in [-0.05, 0) is 59.5 Å². The lowest BCUT2D eigenvalue weighted by atomic mass is 10.0. The van der Waals surface area contributed by atoms with E-state index in [4.69, 9.17) is 22.3 Å². The van der Waals surface area contributed by atoms with Gasteiger partial charge >= 0.3 is 0 Å². The molecule has 0 fully saturated rings. The van der Waals surface area contributed by atoms with Crippen molar-refractivity contribution in [2.75, 3.05) is 0 Å². The van der Waals surface area contributed by atoms with Gasteiger partial charge in [0.1, 0.15) is 0 Å². The number of para-hydroxylation sites is 2. The standard InChI is InChI=1S/C46H29N3S/c1-3-12-30(13-4-1)31-22-24-32(25-23-31)40-29-41(38-19-11-18-37-36-17-8-10-21-44(36)50-45(37)38)48-46(47-40)33-26-27-43-39(28-33)35-16-7-9-20-42(35)49(43)34-14-5-2-6-15-34/h1-29H/i2D,5D,6D,7D,9D,14D,15D,16D,20D,26D,27D,28D. The summed E-state index contributed by atoms with van der Waals surface area (Å²) in [5.74, 6) is -0.0855. The second-order valence-corrected chi connectivity index (χ2v) is 12.7. The Kier molecular flexibility index (Phi) is 4.43. The average molecular weight is 668 g/mol.